The molecule has 3 nitrogen and oxygen atoms in total. The first-order valence-corrected chi connectivity index (χ1v) is 7.93. The zero-order chi connectivity index (χ0) is 17.0. The highest BCUT2D eigenvalue weighted by Gasteiger charge is 2.31. The first-order chi connectivity index (χ1) is 10.8. The highest BCUT2D eigenvalue weighted by Crippen LogP contribution is 2.30. The van der Waals surface area contributed by atoms with Gasteiger partial charge in [-0.15, -0.1) is 0 Å². The summed E-state index contributed by atoms with van der Waals surface area (Å²) in [5.74, 6) is -0.309. The smallest absolute Gasteiger partial charge is 0.341 e. The van der Waals surface area contributed by atoms with Crippen LogP contribution >= 0.6 is 0 Å². The van der Waals surface area contributed by atoms with E-state index in [1.165, 1.54) is 6.07 Å². The van der Waals surface area contributed by atoms with Gasteiger partial charge in [-0.25, -0.2) is 0 Å². The third kappa shape index (κ3) is 4.70. The van der Waals surface area contributed by atoms with E-state index < -0.39 is 11.7 Å². The number of alkyl halides is 3. The van der Waals surface area contributed by atoms with E-state index in [9.17, 15) is 18.0 Å². The van der Waals surface area contributed by atoms with Crippen molar-refractivity contribution in [3.8, 4) is 0 Å². The fraction of sp³-hybridized carbons (Fsp3) is 0.588. The van der Waals surface area contributed by atoms with Crippen LogP contribution < -0.4 is 5.32 Å². The highest BCUT2D eigenvalue weighted by molar-refractivity contribution is 5.79. The van der Waals surface area contributed by atoms with Crippen molar-refractivity contribution in [3.63, 3.8) is 0 Å². The molecule has 0 radical (unpaired) electrons. The second-order valence-corrected chi connectivity index (χ2v) is 6.22. The Kier molecular flexibility index (Phi) is 5.68. The lowest BCUT2D eigenvalue weighted by atomic mass is 9.96. The van der Waals surface area contributed by atoms with Gasteiger partial charge in [-0.05, 0) is 37.9 Å². The number of carbonyl (C=O) groups excluding carboxylic acids is 1. The van der Waals surface area contributed by atoms with Gasteiger partial charge in [-0.2, -0.15) is 13.2 Å². The molecule has 1 saturated heterocycles. The molecule has 0 aromatic heterocycles. The van der Waals surface area contributed by atoms with Gasteiger partial charge in [-0.3, -0.25) is 4.79 Å². The van der Waals surface area contributed by atoms with Crippen molar-refractivity contribution in [2.75, 3.05) is 20.1 Å². The molecule has 1 aliphatic rings. The molecule has 1 N–H and O–H groups in total. The minimum Gasteiger partial charge on any atom is -0.341 e. The number of likely N-dealkylation sites (N-methyl/N-ethyl adjacent to an activating group) is 1. The Hall–Kier alpha value is -1.56. The molecule has 0 aliphatic carbocycles. The van der Waals surface area contributed by atoms with E-state index in [1.54, 1.807) is 13.0 Å². The summed E-state index contributed by atoms with van der Waals surface area (Å²) in [5, 5.41) is 3.18. The number of amides is 1. The maximum Gasteiger partial charge on any atom is 0.416 e. The average Bonchev–Trinajstić information content (AvgIpc) is 2.53. The third-order valence-electron chi connectivity index (χ3n) is 4.36. The Morgan fingerprint density at radius 1 is 1.43 bits per heavy atom. The van der Waals surface area contributed by atoms with Crippen LogP contribution in [-0.4, -0.2) is 37.0 Å². The fourth-order valence-corrected chi connectivity index (χ4v) is 3.04. The van der Waals surface area contributed by atoms with Gasteiger partial charge in [0.15, 0.2) is 0 Å². The van der Waals surface area contributed by atoms with Crippen LogP contribution in [0.3, 0.4) is 0 Å². The topological polar surface area (TPSA) is 32.3 Å². The molecule has 1 aromatic rings. The minimum atomic E-state index is -4.35. The van der Waals surface area contributed by atoms with Crippen LogP contribution in [0.2, 0.25) is 0 Å². The summed E-state index contributed by atoms with van der Waals surface area (Å²) in [6.45, 7) is 3.18. The third-order valence-corrected chi connectivity index (χ3v) is 4.36. The molecule has 23 heavy (non-hydrogen) atoms. The molecule has 0 saturated carbocycles. The molecule has 1 amide bonds. The molecular weight excluding hydrogens is 305 g/mol. The van der Waals surface area contributed by atoms with Crippen LogP contribution in [0.1, 0.15) is 30.9 Å². The number of hydrogen-bond acceptors (Lipinski definition) is 2. The number of rotatable bonds is 4. The lowest BCUT2D eigenvalue weighted by Gasteiger charge is -2.34. The molecule has 1 aromatic carbocycles. The summed E-state index contributed by atoms with van der Waals surface area (Å²) in [7, 11) is 1.88. The SMILES string of the molecule is CNC1CCCN(C(=O)C(C)Cc2cccc(C(F)(F)F)c2)C1. The molecule has 1 fully saturated rings. The van der Waals surface area contributed by atoms with E-state index >= 15 is 0 Å². The van der Waals surface area contributed by atoms with Crippen LogP contribution in [0.25, 0.3) is 0 Å². The van der Waals surface area contributed by atoms with E-state index in [-0.39, 0.29) is 11.8 Å². The summed E-state index contributed by atoms with van der Waals surface area (Å²) >= 11 is 0. The number of carbonyl (C=O) groups is 1. The van der Waals surface area contributed by atoms with Gasteiger partial charge < -0.3 is 10.2 Å². The summed E-state index contributed by atoms with van der Waals surface area (Å²) in [4.78, 5) is 14.3. The quantitative estimate of drug-likeness (QED) is 0.921. The average molecular weight is 328 g/mol. The van der Waals surface area contributed by atoms with Gasteiger partial charge >= 0.3 is 6.18 Å². The second kappa shape index (κ2) is 7.34. The molecule has 2 atom stereocenters. The number of halogens is 3. The van der Waals surface area contributed by atoms with E-state index in [2.05, 4.69) is 5.32 Å². The molecule has 2 unspecified atom stereocenters. The predicted octanol–water partition coefficient (Wildman–Crippen LogP) is 3.09. The Labute approximate surface area is 134 Å². The summed E-state index contributed by atoms with van der Waals surface area (Å²) < 4.78 is 38.3. The number of hydrogen-bond donors (Lipinski definition) is 1. The molecule has 128 valence electrons. The van der Waals surface area contributed by atoms with Gasteiger partial charge in [0.25, 0.3) is 0 Å². The van der Waals surface area contributed by atoms with Crippen molar-refractivity contribution >= 4 is 5.91 Å². The van der Waals surface area contributed by atoms with Crippen LogP contribution in [0.15, 0.2) is 24.3 Å². The van der Waals surface area contributed by atoms with Crippen molar-refractivity contribution in [1.29, 1.82) is 0 Å². The van der Waals surface area contributed by atoms with Crippen LogP contribution in [0.4, 0.5) is 13.2 Å². The normalized spacial score (nSPS) is 20.4. The molecule has 0 bridgehead atoms. The summed E-state index contributed by atoms with van der Waals surface area (Å²) in [6, 6.07) is 5.53. The van der Waals surface area contributed by atoms with Crippen molar-refractivity contribution in [3.05, 3.63) is 35.4 Å². The largest absolute Gasteiger partial charge is 0.416 e. The zero-order valence-electron chi connectivity index (χ0n) is 13.5. The fourth-order valence-electron chi connectivity index (χ4n) is 3.04. The molecule has 1 heterocycles. The van der Waals surface area contributed by atoms with E-state index in [0.717, 1.165) is 31.5 Å². The highest BCUT2D eigenvalue weighted by atomic mass is 19.4. The molecule has 6 heteroatoms. The van der Waals surface area contributed by atoms with Gasteiger partial charge in [-0.1, -0.05) is 25.1 Å². The maximum atomic E-state index is 12.8. The molecule has 2 rings (SSSR count). The Bertz CT molecular complexity index is 545. The minimum absolute atomic E-state index is 0.0161. The van der Waals surface area contributed by atoms with Crippen LogP contribution in [-0.2, 0) is 17.4 Å². The maximum absolute atomic E-state index is 12.8. The Morgan fingerprint density at radius 2 is 2.17 bits per heavy atom. The number of likely N-dealkylation sites (tertiary alicyclic amines) is 1. The first-order valence-electron chi connectivity index (χ1n) is 7.93. The lowest BCUT2D eigenvalue weighted by Crippen LogP contribution is -2.48. The van der Waals surface area contributed by atoms with Crippen LogP contribution in [0, 0.1) is 5.92 Å². The number of benzene rings is 1. The molecule has 0 spiro atoms. The zero-order valence-corrected chi connectivity index (χ0v) is 13.5. The second-order valence-electron chi connectivity index (χ2n) is 6.22. The summed E-state index contributed by atoms with van der Waals surface area (Å²) in [6.07, 6.45) is -2.03. The van der Waals surface area contributed by atoms with Crippen molar-refractivity contribution in [1.82, 2.24) is 10.2 Å². The van der Waals surface area contributed by atoms with E-state index in [0.29, 0.717) is 24.6 Å². The van der Waals surface area contributed by atoms with Gasteiger partial charge in [0.2, 0.25) is 5.91 Å². The number of nitrogens with one attached hydrogen (secondary N) is 1. The number of nitrogens with zero attached hydrogens (tertiary/aromatic N) is 1. The standard InChI is InChI=1S/C17H23F3N2O/c1-12(16(23)22-8-4-7-15(11-22)21-2)9-13-5-3-6-14(10-13)17(18,19)20/h3,5-6,10,12,15,21H,4,7-9,11H2,1-2H3. The van der Waals surface area contributed by atoms with Crippen LogP contribution in [0.5, 0.6) is 0 Å². The molecule has 1 aliphatic heterocycles. The molecular formula is C17H23F3N2O. The van der Waals surface area contributed by atoms with E-state index in [1.807, 2.05) is 11.9 Å². The van der Waals surface area contributed by atoms with E-state index in [4.69, 9.17) is 0 Å². The number of piperidine rings is 1. The monoisotopic (exact) mass is 328 g/mol. The summed E-state index contributed by atoms with van der Waals surface area (Å²) in [5.41, 5.74) is -0.120. The van der Waals surface area contributed by atoms with Gasteiger partial charge in [0.1, 0.15) is 0 Å². The first kappa shape index (κ1) is 17.8. The Balaban J connectivity index is 2.01. The Morgan fingerprint density at radius 3 is 2.83 bits per heavy atom. The van der Waals surface area contributed by atoms with Crippen molar-refractivity contribution < 1.29 is 18.0 Å². The van der Waals surface area contributed by atoms with Crippen molar-refractivity contribution in [2.45, 2.75) is 38.4 Å². The van der Waals surface area contributed by atoms with Crippen molar-refractivity contribution in [2.24, 2.45) is 5.92 Å². The van der Waals surface area contributed by atoms with Gasteiger partial charge in [0.05, 0.1) is 5.56 Å². The van der Waals surface area contributed by atoms with Gasteiger partial charge in [0, 0.05) is 25.0 Å². The lowest BCUT2D eigenvalue weighted by molar-refractivity contribution is -0.137. The predicted molar refractivity (Wildman–Crippen MR) is 83.0 cm³/mol.